The van der Waals surface area contributed by atoms with Gasteiger partial charge in [-0.05, 0) is 48.1 Å². The van der Waals surface area contributed by atoms with E-state index < -0.39 is 0 Å². The first-order valence-corrected chi connectivity index (χ1v) is 9.42. The lowest BCUT2D eigenvalue weighted by atomic mass is 9.94. The summed E-state index contributed by atoms with van der Waals surface area (Å²) in [4.78, 5) is 12.5. The van der Waals surface area contributed by atoms with Crippen molar-refractivity contribution in [1.82, 2.24) is 24.7 Å². The van der Waals surface area contributed by atoms with Crippen LogP contribution in [-0.4, -0.2) is 24.7 Å². The van der Waals surface area contributed by atoms with Crippen molar-refractivity contribution in [3.63, 3.8) is 0 Å². The van der Waals surface area contributed by atoms with Crippen LogP contribution in [0.4, 0.5) is 0 Å². The van der Waals surface area contributed by atoms with Crippen LogP contribution in [-0.2, 0) is 13.5 Å². The molecular weight excluding hydrogens is 336 g/mol. The monoisotopic (exact) mass is 358 g/mol. The Hall–Kier alpha value is -2.99. The Bertz CT molecular complexity index is 1120. The van der Waals surface area contributed by atoms with E-state index in [-0.39, 0.29) is 6.04 Å². The Morgan fingerprint density at radius 3 is 2.96 bits per heavy atom. The number of fused-ring (bicyclic) bond motifs is 2. The van der Waals surface area contributed by atoms with E-state index >= 15 is 0 Å². The van der Waals surface area contributed by atoms with Gasteiger partial charge in [-0.3, -0.25) is 4.68 Å². The molecule has 1 aliphatic rings. The van der Waals surface area contributed by atoms with Crippen LogP contribution in [0.5, 0.6) is 0 Å². The molecule has 3 aromatic heterocycles. The fraction of sp³-hybridized carbons (Fsp3) is 0.286. The number of H-pyrrole nitrogens is 1. The van der Waals surface area contributed by atoms with Crippen molar-refractivity contribution in [2.45, 2.75) is 31.7 Å². The van der Waals surface area contributed by atoms with Crippen LogP contribution in [0.1, 0.15) is 36.4 Å². The van der Waals surface area contributed by atoms with Gasteiger partial charge in [-0.15, -0.1) is 0 Å². The Kier molecular flexibility index (Phi) is 3.79. The van der Waals surface area contributed by atoms with Gasteiger partial charge in [0.25, 0.3) is 0 Å². The SMILES string of the molecule is Cn1ccc(-c2nc3nccc(-c4ccc5c(c4)CCCCC5N)c3[nH]2)n1. The number of benzene rings is 1. The molecule has 136 valence electrons. The molecule has 0 saturated carbocycles. The molecule has 4 aromatic rings. The maximum atomic E-state index is 6.36. The molecule has 1 aliphatic carbocycles. The third kappa shape index (κ3) is 2.82. The molecule has 5 rings (SSSR count). The van der Waals surface area contributed by atoms with Gasteiger partial charge in [-0.2, -0.15) is 5.10 Å². The van der Waals surface area contributed by atoms with E-state index in [1.165, 1.54) is 29.5 Å². The summed E-state index contributed by atoms with van der Waals surface area (Å²) in [6.07, 6.45) is 8.28. The predicted octanol–water partition coefficient (Wildman–Crippen LogP) is 3.75. The van der Waals surface area contributed by atoms with Crippen molar-refractivity contribution in [2.75, 3.05) is 0 Å². The van der Waals surface area contributed by atoms with E-state index in [1.807, 2.05) is 31.6 Å². The maximum absolute atomic E-state index is 6.36. The molecule has 0 amide bonds. The second-order valence-corrected chi connectivity index (χ2v) is 7.28. The minimum atomic E-state index is 0.150. The highest BCUT2D eigenvalue weighted by molar-refractivity contribution is 5.91. The highest BCUT2D eigenvalue weighted by Crippen LogP contribution is 2.33. The lowest BCUT2D eigenvalue weighted by molar-refractivity contribution is 0.615. The van der Waals surface area contributed by atoms with E-state index in [0.29, 0.717) is 5.65 Å². The second kappa shape index (κ2) is 6.32. The summed E-state index contributed by atoms with van der Waals surface area (Å²) in [7, 11) is 1.90. The molecule has 1 unspecified atom stereocenters. The molecule has 1 aromatic carbocycles. The van der Waals surface area contributed by atoms with E-state index in [0.717, 1.165) is 35.4 Å². The average Bonchev–Trinajstić information content (AvgIpc) is 3.26. The van der Waals surface area contributed by atoms with Crippen LogP contribution >= 0.6 is 0 Å². The molecule has 0 spiro atoms. The van der Waals surface area contributed by atoms with Gasteiger partial charge in [-0.25, -0.2) is 9.97 Å². The quantitative estimate of drug-likeness (QED) is 0.534. The van der Waals surface area contributed by atoms with Gasteiger partial charge in [0.15, 0.2) is 11.5 Å². The van der Waals surface area contributed by atoms with Crippen LogP contribution in [0.15, 0.2) is 42.7 Å². The van der Waals surface area contributed by atoms with E-state index in [9.17, 15) is 0 Å². The number of nitrogens with one attached hydrogen (secondary N) is 1. The van der Waals surface area contributed by atoms with Gasteiger partial charge in [-0.1, -0.05) is 24.6 Å². The van der Waals surface area contributed by atoms with Gasteiger partial charge in [0.2, 0.25) is 0 Å². The van der Waals surface area contributed by atoms with Gasteiger partial charge < -0.3 is 10.7 Å². The highest BCUT2D eigenvalue weighted by atomic mass is 15.3. The lowest BCUT2D eigenvalue weighted by Gasteiger charge is -2.14. The topological polar surface area (TPSA) is 85.4 Å². The number of pyridine rings is 1. The molecule has 1 atom stereocenters. The number of nitrogens with zero attached hydrogens (tertiary/aromatic N) is 4. The number of imidazole rings is 1. The molecule has 0 bridgehead atoms. The summed E-state index contributed by atoms with van der Waals surface area (Å²) in [6.45, 7) is 0. The molecule has 3 heterocycles. The zero-order valence-corrected chi connectivity index (χ0v) is 15.3. The normalized spacial score (nSPS) is 17.0. The van der Waals surface area contributed by atoms with Gasteiger partial charge in [0.05, 0.1) is 5.52 Å². The van der Waals surface area contributed by atoms with Crippen molar-refractivity contribution in [3.8, 4) is 22.6 Å². The number of aryl methyl sites for hydroxylation is 2. The summed E-state index contributed by atoms with van der Waals surface area (Å²) in [5.74, 6) is 0.738. The maximum Gasteiger partial charge on any atom is 0.178 e. The fourth-order valence-electron chi connectivity index (χ4n) is 4.00. The Morgan fingerprint density at radius 1 is 1.19 bits per heavy atom. The van der Waals surface area contributed by atoms with Crippen LogP contribution in [0.25, 0.3) is 33.8 Å². The van der Waals surface area contributed by atoms with Crippen molar-refractivity contribution >= 4 is 11.2 Å². The fourth-order valence-corrected chi connectivity index (χ4v) is 4.00. The number of hydrogen-bond donors (Lipinski definition) is 2. The van der Waals surface area contributed by atoms with Gasteiger partial charge in [0, 0.05) is 31.0 Å². The molecular formula is C21H22N6. The number of nitrogens with two attached hydrogens (primary N) is 1. The molecule has 0 radical (unpaired) electrons. The molecule has 3 N–H and O–H groups in total. The van der Waals surface area contributed by atoms with E-state index in [4.69, 9.17) is 5.73 Å². The average molecular weight is 358 g/mol. The number of aromatic nitrogens is 5. The van der Waals surface area contributed by atoms with Crippen molar-refractivity contribution in [1.29, 1.82) is 0 Å². The molecule has 0 fully saturated rings. The minimum Gasteiger partial charge on any atom is -0.335 e. The summed E-state index contributed by atoms with van der Waals surface area (Å²) < 4.78 is 1.77. The number of rotatable bonds is 2. The smallest absolute Gasteiger partial charge is 0.178 e. The first-order valence-electron chi connectivity index (χ1n) is 9.42. The van der Waals surface area contributed by atoms with Crippen molar-refractivity contribution < 1.29 is 0 Å². The standard InChI is InChI=1S/C21H22N6/c1-27-11-9-18(26-27)20-24-19-16(8-10-23-21(19)25-20)14-6-7-15-13(12-14)4-2-3-5-17(15)22/h6-12,17H,2-5,22H2,1H3,(H,23,24,25). The zero-order valence-electron chi connectivity index (χ0n) is 15.3. The molecule has 0 saturated heterocycles. The van der Waals surface area contributed by atoms with Crippen LogP contribution in [0, 0.1) is 0 Å². The van der Waals surface area contributed by atoms with E-state index in [2.05, 4.69) is 38.2 Å². The lowest BCUT2D eigenvalue weighted by Crippen LogP contribution is -2.10. The highest BCUT2D eigenvalue weighted by Gasteiger charge is 2.17. The summed E-state index contributed by atoms with van der Waals surface area (Å²) in [6, 6.07) is 10.8. The largest absolute Gasteiger partial charge is 0.335 e. The summed E-state index contributed by atoms with van der Waals surface area (Å²) in [5, 5.41) is 4.44. The second-order valence-electron chi connectivity index (χ2n) is 7.28. The molecule has 6 heteroatoms. The van der Waals surface area contributed by atoms with Crippen LogP contribution in [0.3, 0.4) is 0 Å². The molecule has 6 nitrogen and oxygen atoms in total. The summed E-state index contributed by atoms with van der Waals surface area (Å²) in [5.41, 5.74) is 13.8. The third-order valence-corrected chi connectivity index (χ3v) is 5.41. The first-order chi connectivity index (χ1) is 13.2. The first kappa shape index (κ1) is 16.2. The third-order valence-electron chi connectivity index (χ3n) is 5.41. The van der Waals surface area contributed by atoms with Crippen LogP contribution in [0.2, 0.25) is 0 Å². The van der Waals surface area contributed by atoms with Crippen LogP contribution < -0.4 is 5.73 Å². The Balaban J connectivity index is 1.63. The summed E-state index contributed by atoms with van der Waals surface area (Å²) >= 11 is 0. The van der Waals surface area contributed by atoms with E-state index in [1.54, 1.807) is 4.68 Å². The number of aromatic amines is 1. The minimum absolute atomic E-state index is 0.150. The predicted molar refractivity (Wildman–Crippen MR) is 106 cm³/mol. The molecule has 0 aliphatic heterocycles. The Labute approximate surface area is 157 Å². The van der Waals surface area contributed by atoms with Crippen molar-refractivity contribution in [3.05, 3.63) is 53.9 Å². The van der Waals surface area contributed by atoms with Gasteiger partial charge >= 0.3 is 0 Å². The Morgan fingerprint density at radius 2 is 2.11 bits per heavy atom. The zero-order chi connectivity index (χ0) is 18.4. The van der Waals surface area contributed by atoms with Crippen molar-refractivity contribution in [2.24, 2.45) is 12.8 Å². The number of hydrogen-bond acceptors (Lipinski definition) is 4. The van der Waals surface area contributed by atoms with Gasteiger partial charge in [0.1, 0.15) is 5.69 Å². The molecule has 27 heavy (non-hydrogen) atoms.